The molecule has 6 heteroatoms. The zero-order valence-electron chi connectivity index (χ0n) is 18.5. The fourth-order valence-electron chi connectivity index (χ4n) is 4.60. The first kappa shape index (κ1) is 21.9. The second-order valence-electron chi connectivity index (χ2n) is 8.44. The summed E-state index contributed by atoms with van der Waals surface area (Å²) in [4.78, 5) is 10.1. The molecule has 0 bridgehead atoms. The van der Waals surface area contributed by atoms with Crippen LogP contribution in [0.3, 0.4) is 0 Å². The third-order valence-electron chi connectivity index (χ3n) is 6.47. The summed E-state index contributed by atoms with van der Waals surface area (Å²) < 4.78 is 5.48. The number of methoxy groups -OCH3 is 1. The number of guanidine groups is 1. The van der Waals surface area contributed by atoms with Crippen molar-refractivity contribution in [3.8, 4) is 5.75 Å². The number of hydrogen-bond acceptors (Lipinski definition) is 4. The van der Waals surface area contributed by atoms with Gasteiger partial charge in [-0.15, -0.1) is 0 Å². The molecule has 0 unspecified atom stereocenters. The van der Waals surface area contributed by atoms with Crippen molar-refractivity contribution in [2.75, 3.05) is 53.4 Å². The van der Waals surface area contributed by atoms with Gasteiger partial charge in [-0.25, -0.2) is 4.99 Å². The van der Waals surface area contributed by atoms with Gasteiger partial charge in [0.1, 0.15) is 5.75 Å². The molecule has 2 fully saturated rings. The van der Waals surface area contributed by atoms with Crippen LogP contribution >= 0.6 is 0 Å². The van der Waals surface area contributed by atoms with Gasteiger partial charge in [0.25, 0.3) is 0 Å². The fourth-order valence-corrected chi connectivity index (χ4v) is 4.60. The summed E-state index contributed by atoms with van der Waals surface area (Å²) in [6, 6.07) is 8.11. The Morgan fingerprint density at radius 2 is 1.79 bits per heavy atom. The van der Waals surface area contributed by atoms with E-state index in [0.717, 1.165) is 30.4 Å². The van der Waals surface area contributed by atoms with Crippen molar-refractivity contribution in [1.82, 2.24) is 20.4 Å². The highest BCUT2D eigenvalue weighted by molar-refractivity contribution is 5.79. The summed E-state index contributed by atoms with van der Waals surface area (Å²) in [5.74, 6) is 1.79. The summed E-state index contributed by atoms with van der Waals surface area (Å²) in [6.45, 7) is 9.37. The van der Waals surface area contributed by atoms with Gasteiger partial charge in [-0.3, -0.25) is 4.90 Å². The third kappa shape index (κ3) is 5.86. The maximum Gasteiger partial charge on any atom is 0.191 e. The summed E-state index contributed by atoms with van der Waals surface area (Å²) in [5.41, 5.74) is 1.35. The number of likely N-dealkylation sites (tertiary alicyclic amines) is 2. The number of nitrogens with one attached hydrogen (secondary N) is 2. The SMILES string of the molecule is CCNC(=NCc1ccccc1OC)NCC1(N2CCCCC2)CCN(C)CC1. The maximum absolute atomic E-state index is 5.48. The monoisotopic (exact) mass is 401 g/mol. The first-order valence-corrected chi connectivity index (χ1v) is 11.2. The molecule has 3 rings (SSSR count). The van der Waals surface area contributed by atoms with Gasteiger partial charge in [0.2, 0.25) is 0 Å². The maximum atomic E-state index is 5.48. The minimum Gasteiger partial charge on any atom is -0.496 e. The highest BCUT2D eigenvalue weighted by Crippen LogP contribution is 2.30. The van der Waals surface area contributed by atoms with Crippen LogP contribution in [-0.2, 0) is 6.54 Å². The average Bonchev–Trinajstić information content (AvgIpc) is 2.78. The van der Waals surface area contributed by atoms with Crippen molar-refractivity contribution in [2.24, 2.45) is 4.99 Å². The quantitative estimate of drug-likeness (QED) is 0.543. The number of rotatable bonds is 7. The van der Waals surface area contributed by atoms with E-state index in [-0.39, 0.29) is 5.54 Å². The van der Waals surface area contributed by atoms with E-state index in [1.54, 1.807) is 7.11 Å². The number of benzene rings is 1. The van der Waals surface area contributed by atoms with Crippen molar-refractivity contribution in [1.29, 1.82) is 0 Å². The first-order chi connectivity index (χ1) is 14.2. The third-order valence-corrected chi connectivity index (χ3v) is 6.47. The Morgan fingerprint density at radius 3 is 2.48 bits per heavy atom. The molecule has 0 spiro atoms. The lowest BCUT2D eigenvalue weighted by Gasteiger charge is -2.50. The van der Waals surface area contributed by atoms with E-state index in [2.05, 4.69) is 40.5 Å². The van der Waals surface area contributed by atoms with E-state index in [1.807, 2.05) is 18.2 Å². The molecule has 162 valence electrons. The molecule has 2 heterocycles. The predicted molar refractivity (Wildman–Crippen MR) is 121 cm³/mol. The van der Waals surface area contributed by atoms with Crippen molar-refractivity contribution in [3.63, 3.8) is 0 Å². The molecule has 1 aromatic carbocycles. The van der Waals surface area contributed by atoms with E-state index >= 15 is 0 Å². The fraction of sp³-hybridized carbons (Fsp3) is 0.696. The van der Waals surface area contributed by atoms with Crippen molar-refractivity contribution in [3.05, 3.63) is 29.8 Å². The Labute approximate surface area is 176 Å². The Hall–Kier alpha value is -1.79. The van der Waals surface area contributed by atoms with Crippen LogP contribution in [0, 0.1) is 0 Å². The zero-order chi connectivity index (χ0) is 20.5. The molecule has 2 aliphatic heterocycles. The lowest BCUT2D eigenvalue weighted by atomic mass is 9.84. The molecule has 2 aliphatic rings. The highest BCUT2D eigenvalue weighted by Gasteiger charge is 2.39. The molecule has 0 saturated carbocycles. The second kappa shape index (κ2) is 10.8. The van der Waals surface area contributed by atoms with Crippen LogP contribution in [0.4, 0.5) is 0 Å². The summed E-state index contributed by atoms with van der Waals surface area (Å²) >= 11 is 0. The van der Waals surface area contributed by atoms with Crippen LogP contribution in [0.25, 0.3) is 0 Å². The smallest absolute Gasteiger partial charge is 0.191 e. The lowest BCUT2D eigenvalue weighted by molar-refractivity contribution is 0.0173. The number of para-hydroxylation sites is 1. The second-order valence-corrected chi connectivity index (χ2v) is 8.44. The van der Waals surface area contributed by atoms with E-state index in [1.165, 1.54) is 58.3 Å². The molecule has 2 N–H and O–H groups in total. The molecule has 2 saturated heterocycles. The normalized spacial score (nSPS) is 21.0. The van der Waals surface area contributed by atoms with E-state index < -0.39 is 0 Å². The van der Waals surface area contributed by atoms with Crippen LogP contribution < -0.4 is 15.4 Å². The van der Waals surface area contributed by atoms with Gasteiger partial charge >= 0.3 is 0 Å². The van der Waals surface area contributed by atoms with Crippen LogP contribution in [0.5, 0.6) is 5.75 Å². The van der Waals surface area contributed by atoms with Gasteiger partial charge in [0.05, 0.1) is 13.7 Å². The lowest BCUT2D eigenvalue weighted by Crippen LogP contribution is -2.62. The van der Waals surface area contributed by atoms with Crippen molar-refractivity contribution < 1.29 is 4.74 Å². The van der Waals surface area contributed by atoms with E-state index in [0.29, 0.717) is 6.54 Å². The number of nitrogens with zero attached hydrogens (tertiary/aromatic N) is 3. The number of piperidine rings is 2. The number of ether oxygens (including phenoxy) is 1. The largest absolute Gasteiger partial charge is 0.496 e. The van der Waals surface area contributed by atoms with E-state index in [4.69, 9.17) is 9.73 Å². The van der Waals surface area contributed by atoms with Crippen LogP contribution in [0.2, 0.25) is 0 Å². The Morgan fingerprint density at radius 1 is 1.07 bits per heavy atom. The van der Waals surface area contributed by atoms with E-state index in [9.17, 15) is 0 Å². The summed E-state index contributed by atoms with van der Waals surface area (Å²) in [6.07, 6.45) is 6.49. The predicted octanol–water partition coefficient (Wildman–Crippen LogP) is 2.70. The number of aliphatic imine (C=N–C) groups is 1. The van der Waals surface area contributed by atoms with Crippen molar-refractivity contribution >= 4 is 5.96 Å². The first-order valence-electron chi connectivity index (χ1n) is 11.2. The summed E-state index contributed by atoms with van der Waals surface area (Å²) in [7, 11) is 3.96. The molecule has 0 atom stereocenters. The van der Waals surface area contributed by atoms with Gasteiger partial charge in [-0.05, 0) is 71.9 Å². The zero-order valence-corrected chi connectivity index (χ0v) is 18.5. The molecule has 29 heavy (non-hydrogen) atoms. The van der Waals surface area contributed by atoms with Gasteiger partial charge in [0, 0.05) is 24.2 Å². The number of hydrogen-bond donors (Lipinski definition) is 2. The molecular weight excluding hydrogens is 362 g/mol. The topological polar surface area (TPSA) is 52.1 Å². The molecule has 0 aliphatic carbocycles. The summed E-state index contributed by atoms with van der Waals surface area (Å²) in [5, 5.41) is 7.12. The highest BCUT2D eigenvalue weighted by atomic mass is 16.5. The Bertz CT molecular complexity index is 648. The van der Waals surface area contributed by atoms with Gasteiger partial charge in [-0.1, -0.05) is 24.6 Å². The molecule has 6 nitrogen and oxygen atoms in total. The Balaban J connectivity index is 1.69. The van der Waals surface area contributed by atoms with Gasteiger partial charge in [-0.2, -0.15) is 0 Å². The Kier molecular flexibility index (Phi) is 8.19. The molecule has 0 radical (unpaired) electrons. The van der Waals surface area contributed by atoms with Crippen LogP contribution in [0.1, 0.15) is 44.6 Å². The minimum atomic E-state index is 0.244. The molecule has 0 amide bonds. The van der Waals surface area contributed by atoms with Gasteiger partial charge in [0.15, 0.2) is 5.96 Å². The molecular formula is C23H39N5O. The average molecular weight is 402 g/mol. The van der Waals surface area contributed by atoms with Crippen LogP contribution in [0.15, 0.2) is 29.3 Å². The van der Waals surface area contributed by atoms with Crippen LogP contribution in [-0.4, -0.2) is 74.7 Å². The minimum absolute atomic E-state index is 0.244. The molecule has 1 aromatic rings. The van der Waals surface area contributed by atoms with Crippen molar-refractivity contribution in [2.45, 2.75) is 51.1 Å². The standard InChI is InChI=1S/C23H39N5O/c1-4-24-22(25-18-20-10-6-7-11-21(20)29-3)26-19-23(12-16-27(2)17-13-23)28-14-8-5-9-15-28/h6-7,10-11H,4-5,8-9,12-19H2,1-3H3,(H2,24,25,26). The molecule has 0 aromatic heterocycles. The van der Waals surface area contributed by atoms with Gasteiger partial charge < -0.3 is 20.3 Å².